The lowest BCUT2D eigenvalue weighted by molar-refractivity contribution is -0.126. The fraction of sp³-hybridized carbons (Fsp3) is 0.267. The van der Waals surface area contributed by atoms with E-state index < -0.39 is 5.41 Å². The molecule has 1 heterocycles. The van der Waals surface area contributed by atoms with Crippen molar-refractivity contribution >= 4 is 5.78 Å². The van der Waals surface area contributed by atoms with Gasteiger partial charge < -0.3 is 0 Å². The molecule has 4 heteroatoms. The van der Waals surface area contributed by atoms with E-state index in [-0.39, 0.29) is 5.78 Å². The molecule has 0 amide bonds. The molecule has 0 atom stereocenters. The molecule has 1 aliphatic rings. The second kappa shape index (κ2) is 4.06. The van der Waals surface area contributed by atoms with E-state index >= 15 is 0 Å². The highest BCUT2D eigenvalue weighted by molar-refractivity contribution is 5.90. The van der Waals surface area contributed by atoms with Gasteiger partial charge in [0, 0.05) is 25.5 Å². The Balaban J connectivity index is 2.04. The van der Waals surface area contributed by atoms with Gasteiger partial charge in [0.15, 0.2) is 0 Å². The van der Waals surface area contributed by atoms with Crippen molar-refractivity contribution in [3.8, 4) is 17.3 Å². The van der Waals surface area contributed by atoms with E-state index in [0.29, 0.717) is 12.8 Å². The molecular formula is C15H13N3O. The summed E-state index contributed by atoms with van der Waals surface area (Å²) in [5.41, 5.74) is 2.01. The summed E-state index contributed by atoms with van der Waals surface area (Å²) < 4.78 is 1.72. The van der Waals surface area contributed by atoms with Crippen LogP contribution >= 0.6 is 0 Å². The fourth-order valence-electron chi connectivity index (χ4n) is 2.60. The maximum Gasteiger partial charge on any atom is 0.136 e. The van der Waals surface area contributed by atoms with Gasteiger partial charge in [-0.05, 0) is 6.07 Å². The van der Waals surface area contributed by atoms with E-state index in [9.17, 15) is 10.1 Å². The lowest BCUT2D eigenvalue weighted by Crippen LogP contribution is -2.41. The Hall–Kier alpha value is -2.41. The monoisotopic (exact) mass is 251 g/mol. The number of nitrogens with zero attached hydrogens (tertiary/aromatic N) is 3. The number of Topliss-reactive ketones (excluding diaryl/α,β-unsaturated/α-hetero) is 1. The Bertz CT molecular complexity index is 671. The van der Waals surface area contributed by atoms with Crippen LogP contribution in [0.25, 0.3) is 11.3 Å². The van der Waals surface area contributed by atoms with Gasteiger partial charge in [-0.3, -0.25) is 9.48 Å². The Morgan fingerprint density at radius 3 is 2.58 bits per heavy atom. The van der Waals surface area contributed by atoms with Gasteiger partial charge in [0.25, 0.3) is 0 Å². The van der Waals surface area contributed by atoms with Crippen LogP contribution in [0.2, 0.25) is 0 Å². The first kappa shape index (κ1) is 11.7. The van der Waals surface area contributed by atoms with Crippen LogP contribution in [-0.4, -0.2) is 15.6 Å². The molecule has 0 aliphatic heterocycles. The topological polar surface area (TPSA) is 58.7 Å². The summed E-state index contributed by atoms with van der Waals surface area (Å²) >= 11 is 0. The smallest absolute Gasteiger partial charge is 0.136 e. The maximum absolute atomic E-state index is 11.3. The van der Waals surface area contributed by atoms with E-state index in [1.54, 1.807) is 4.68 Å². The number of carbonyl (C=O) groups excluding carboxylic acids is 1. The van der Waals surface area contributed by atoms with Crippen LogP contribution in [0.5, 0.6) is 0 Å². The van der Waals surface area contributed by atoms with E-state index in [4.69, 9.17) is 0 Å². The molecule has 4 nitrogen and oxygen atoms in total. The zero-order valence-corrected chi connectivity index (χ0v) is 10.6. The summed E-state index contributed by atoms with van der Waals surface area (Å²) in [5, 5.41) is 13.8. The molecule has 0 radical (unpaired) electrons. The average Bonchev–Trinajstić information content (AvgIpc) is 2.78. The van der Waals surface area contributed by atoms with E-state index in [1.807, 2.05) is 43.4 Å². The summed E-state index contributed by atoms with van der Waals surface area (Å²) in [5.74, 6) is 0.143. The average molecular weight is 251 g/mol. The summed E-state index contributed by atoms with van der Waals surface area (Å²) in [6.45, 7) is 0. The second-order valence-electron chi connectivity index (χ2n) is 4.99. The number of benzene rings is 1. The molecule has 1 saturated carbocycles. The van der Waals surface area contributed by atoms with E-state index in [2.05, 4.69) is 11.2 Å². The van der Waals surface area contributed by atoms with Gasteiger partial charge >= 0.3 is 0 Å². The predicted octanol–water partition coefficient (Wildman–Crippen LogP) is 2.21. The number of rotatable bonds is 2. The Kier molecular flexibility index (Phi) is 2.49. The Morgan fingerprint density at radius 1 is 1.32 bits per heavy atom. The van der Waals surface area contributed by atoms with Crippen molar-refractivity contribution in [3.63, 3.8) is 0 Å². The molecule has 1 fully saturated rings. The summed E-state index contributed by atoms with van der Waals surface area (Å²) in [7, 11) is 1.82. The lowest BCUT2D eigenvalue weighted by Gasteiger charge is -2.33. The maximum atomic E-state index is 11.3. The first-order valence-electron chi connectivity index (χ1n) is 6.17. The van der Waals surface area contributed by atoms with Gasteiger partial charge in [-0.1, -0.05) is 30.3 Å². The van der Waals surface area contributed by atoms with Gasteiger partial charge in [-0.15, -0.1) is 0 Å². The highest BCUT2D eigenvalue weighted by Gasteiger charge is 2.47. The van der Waals surface area contributed by atoms with Crippen molar-refractivity contribution in [1.29, 1.82) is 5.26 Å². The first-order chi connectivity index (χ1) is 9.14. The van der Waals surface area contributed by atoms with Gasteiger partial charge in [-0.25, -0.2) is 0 Å². The third kappa shape index (κ3) is 1.75. The zero-order valence-electron chi connectivity index (χ0n) is 10.6. The lowest BCUT2D eigenvalue weighted by atomic mass is 9.66. The number of hydrogen-bond donors (Lipinski definition) is 0. The predicted molar refractivity (Wildman–Crippen MR) is 70.2 cm³/mol. The van der Waals surface area contributed by atoms with Crippen LogP contribution in [0.3, 0.4) is 0 Å². The van der Waals surface area contributed by atoms with Crippen LogP contribution in [0.1, 0.15) is 18.5 Å². The Morgan fingerprint density at radius 2 is 2.00 bits per heavy atom. The summed E-state index contributed by atoms with van der Waals surface area (Å²) in [6, 6.07) is 14.0. The minimum Gasteiger partial charge on any atom is -0.300 e. The number of ketones is 1. The molecule has 0 spiro atoms. The molecule has 1 aromatic heterocycles. The van der Waals surface area contributed by atoms with Gasteiger partial charge in [0.2, 0.25) is 0 Å². The standard InChI is InChI=1S/C15H13N3O/c1-18-14(15(10-16)8-12(19)9-15)7-13(17-18)11-5-3-2-4-6-11/h2-7H,8-9H2,1H3. The highest BCUT2D eigenvalue weighted by Crippen LogP contribution is 2.41. The molecule has 3 rings (SSSR count). The van der Waals surface area contributed by atoms with Gasteiger partial charge in [0.05, 0.1) is 17.5 Å². The normalized spacial score (nSPS) is 16.7. The van der Waals surface area contributed by atoms with Crippen LogP contribution in [0, 0.1) is 11.3 Å². The van der Waals surface area contributed by atoms with Crippen LogP contribution in [0.15, 0.2) is 36.4 Å². The minimum atomic E-state index is -0.675. The number of nitriles is 1. The third-order valence-electron chi connectivity index (χ3n) is 3.65. The number of aromatic nitrogens is 2. The van der Waals surface area contributed by atoms with E-state index in [1.165, 1.54) is 0 Å². The van der Waals surface area contributed by atoms with Crippen LogP contribution in [0.4, 0.5) is 0 Å². The minimum absolute atomic E-state index is 0.143. The fourth-order valence-corrected chi connectivity index (χ4v) is 2.60. The zero-order chi connectivity index (χ0) is 13.5. The molecule has 0 bridgehead atoms. The molecule has 1 aliphatic carbocycles. The molecule has 1 aromatic carbocycles. The second-order valence-corrected chi connectivity index (χ2v) is 4.99. The molecule has 0 saturated heterocycles. The van der Waals surface area contributed by atoms with Gasteiger partial charge in [-0.2, -0.15) is 10.4 Å². The van der Waals surface area contributed by atoms with Crippen molar-refractivity contribution in [2.24, 2.45) is 7.05 Å². The molecule has 0 N–H and O–H groups in total. The van der Waals surface area contributed by atoms with Gasteiger partial charge in [0.1, 0.15) is 11.2 Å². The summed E-state index contributed by atoms with van der Waals surface area (Å²) in [6.07, 6.45) is 0.606. The first-order valence-corrected chi connectivity index (χ1v) is 6.17. The molecule has 0 unspecified atom stereocenters. The van der Waals surface area contributed by atoms with Crippen molar-refractivity contribution in [2.45, 2.75) is 18.3 Å². The van der Waals surface area contributed by atoms with Crippen molar-refractivity contribution in [3.05, 3.63) is 42.1 Å². The largest absolute Gasteiger partial charge is 0.300 e. The Labute approximate surface area is 111 Å². The number of hydrogen-bond acceptors (Lipinski definition) is 3. The summed E-state index contributed by atoms with van der Waals surface area (Å²) in [4.78, 5) is 11.3. The van der Waals surface area contributed by atoms with Crippen LogP contribution < -0.4 is 0 Å². The molecule has 19 heavy (non-hydrogen) atoms. The number of aryl methyl sites for hydroxylation is 1. The number of carbonyl (C=O) groups is 1. The van der Waals surface area contributed by atoms with Crippen molar-refractivity contribution < 1.29 is 4.79 Å². The highest BCUT2D eigenvalue weighted by atomic mass is 16.1. The quantitative estimate of drug-likeness (QED) is 0.822. The SMILES string of the molecule is Cn1nc(-c2ccccc2)cc1C1(C#N)CC(=O)C1. The third-order valence-corrected chi connectivity index (χ3v) is 3.65. The van der Waals surface area contributed by atoms with Crippen molar-refractivity contribution in [2.75, 3.05) is 0 Å². The molecular weight excluding hydrogens is 238 g/mol. The van der Waals surface area contributed by atoms with Crippen molar-refractivity contribution in [1.82, 2.24) is 9.78 Å². The molecule has 2 aromatic rings. The van der Waals surface area contributed by atoms with Crippen LogP contribution in [-0.2, 0) is 17.3 Å². The molecule has 94 valence electrons. The van der Waals surface area contributed by atoms with E-state index in [0.717, 1.165) is 17.0 Å².